The summed E-state index contributed by atoms with van der Waals surface area (Å²) in [7, 11) is 1.38. The molecule has 0 atom stereocenters. The number of aromatic nitrogens is 1. The van der Waals surface area contributed by atoms with E-state index in [1.54, 1.807) is 24.4 Å². The number of halogens is 4. The number of alkyl halides is 3. The predicted octanol–water partition coefficient (Wildman–Crippen LogP) is 4.97. The zero-order valence-corrected chi connectivity index (χ0v) is 13.5. The smallest absolute Gasteiger partial charge is 0.497 e. The van der Waals surface area contributed by atoms with E-state index in [2.05, 4.69) is 9.72 Å². The van der Waals surface area contributed by atoms with Gasteiger partial charge in [0.15, 0.2) is 0 Å². The lowest BCUT2D eigenvalue weighted by Gasteiger charge is -2.27. The highest BCUT2D eigenvalue weighted by Crippen LogP contribution is 2.37. The van der Waals surface area contributed by atoms with Gasteiger partial charge < -0.3 is 9.47 Å². The van der Waals surface area contributed by atoms with Gasteiger partial charge in [0.2, 0.25) is 0 Å². The zero-order chi connectivity index (χ0) is 17.3. The van der Waals surface area contributed by atoms with E-state index in [9.17, 15) is 13.2 Å². The first-order chi connectivity index (χ1) is 10.6. The van der Waals surface area contributed by atoms with Crippen LogP contribution >= 0.6 is 11.6 Å². The van der Waals surface area contributed by atoms with Gasteiger partial charge >= 0.3 is 6.36 Å². The third-order valence-corrected chi connectivity index (χ3v) is 3.73. The van der Waals surface area contributed by atoms with Crippen LogP contribution in [0.3, 0.4) is 0 Å². The molecule has 0 spiro atoms. The topological polar surface area (TPSA) is 31.4 Å². The Bertz CT molecular complexity index is 702. The highest BCUT2D eigenvalue weighted by Gasteiger charge is 2.32. The SMILES string of the molecule is COc1cc(OC(F)(F)F)cc(C(C)(C)c2ccnc(Cl)c2)c1. The maximum atomic E-state index is 12.5. The molecule has 0 aliphatic rings. The fraction of sp³-hybridized carbons (Fsp3) is 0.312. The largest absolute Gasteiger partial charge is 0.573 e. The molecule has 0 unspecified atom stereocenters. The summed E-state index contributed by atoms with van der Waals surface area (Å²) in [5.41, 5.74) is 0.784. The Morgan fingerprint density at radius 3 is 2.22 bits per heavy atom. The van der Waals surface area contributed by atoms with Crippen molar-refractivity contribution in [2.75, 3.05) is 7.11 Å². The number of hydrogen-bond donors (Lipinski definition) is 0. The Morgan fingerprint density at radius 1 is 1.00 bits per heavy atom. The average molecular weight is 346 g/mol. The summed E-state index contributed by atoms with van der Waals surface area (Å²) in [5.74, 6) is -0.0601. The minimum atomic E-state index is -4.77. The summed E-state index contributed by atoms with van der Waals surface area (Å²) >= 11 is 5.91. The van der Waals surface area contributed by atoms with Crippen LogP contribution in [0.5, 0.6) is 11.5 Å². The number of hydrogen-bond acceptors (Lipinski definition) is 3. The van der Waals surface area contributed by atoms with Gasteiger partial charge in [-0.2, -0.15) is 0 Å². The molecule has 0 fully saturated rings. The van der Waals surface area contributed by atoms with E-state index in [1.165, 1.54) is 19.2 Å². The molecule has 7 heteroatoms. The summed E-state index contributed by atoms with van der Waals surface area (Å²) < 4.78 is 46.6. The van der Waals surface area contributed by atoms with Crippen LogP contribution < -0.4 is 9.47 Å². The van der Waals surface area contributed by atoms with E-state index in [1.807, 2.05) is 13.8 Å². The van der Waals surface area contributed by atoms with Crippen LogP contribution in [-0.2, 0) is 5.41 Å². The molecule has 1 aromatic carbocycles. The fourth-order valence-corrected chi connectivity index (χ4v) is 2.37. The number of benzene rings is 1. The van der Waals surface area contributed by atoms with Crippen molar-refractivity contribution in [1.82, 2.24) is 4.98 Å². The standard InChI is InChI=1S/C16H15ClF3NO2/c1-15(2,10-4-5-21-14(17)8-10)11-6-12(22-3)9-13(7-11)23-16(18,19)20/h4-9H,1-3H3. The molecule has 1 heterocycles. The second-order valence-corrected chi connectivity index (χ2v) is 5.82. The van der Waals surface area contributed by atoms with Crippen molar-refractivity contribution in [1.29, 1.82) is 0 Å². The molecule has 124 valence electrons. The molecule has 0 saturated carbocycles. The number of methoxy groups -OCH3 is 1. The van der Waals surface area contributed by atoms with E-state index in [4.69, 9.17) is 16.3 Å². The van der Waals surface area contributed by atoms with Crippen molar-refractivity contribution < 1.29 is 22.6 Å². The van der Waals surface area contributed by atoms with Gasteiger partial charge in [0, 0.05) is 17.7 Å². The molecular weight excluding hydrogens is 331 g/mol. The molecule has 0 N–H and O–H groups in total. The fourth-order valence-electron chi connectivity index (χ4n) is 2.20. The molecule has 0 saturated heterocycles. The van der Waals surface area contributed by atoms with Crippen molar-refractivity contribution >= 4 is 11.6 Å². The summed E-state index contributed by atoms with van der Waals surface area (Å²) in [6, 6.07) is 7.62. The maximum absolute atomic E-state index is 12.5. The highest BCUT2D eigenvalue weighted by atomic mass is 35.5. The van der Waals surface area contributed by atoms with E-state index in [0.717, 1.165) is 5.56 Å². The van der Waals surface area contributed by atoms with Crippen molar-refractivity contribution in [3.63, 3.8) is 0 Å². The molecule has 0 amide bonds. The van der Waals surface area contributed by atoms with E-state index >= 15 is 0 Å². The molecular formula is C16H15ClF3NO2. The monoisotopic (exact) mass is 345 g/mol. The zero-order valence-electron chi connectivity index (χ0n) is 12.7. The molecule has 2 aromatic rings. The molecule has 0 aliphatic carbocycles. The first kappa shape index (κ1) is 17.4. The Morgan fingerprint density at radius 2 is 1.65 bits per heavy atom. The Hall–Kier alpha value is -1.95. The lowest BCUT2D eigenvalue weighted by atomic mass is 9.78. The van der Waals surface area contributed by atoms with Gasteiger partial charge in [-0.15, -0.1) is 13.2 Å². The second-order valence-electron chi connectivity index (χ2n) is 5.44. The number of nitrogens with zero attached hydrogens (tertiary/aromatic N) is 1. The summed E-state index contributed by atoms with van der Waals surface area (Å²) in [4.78, 5) is 3.91. The molecule has 3 nitrogen and oxygen atoms in total. The van der Waals surface area contributed by atoms with Gasteiger partial charge in [0.1, 0.15) is 16.7 Å². The molecule has 0 radical (unpaired) electrons. The van der Waals surface area contributed by atoms with Gasteiger partial charge in [-0.1, -0.05) is 25.4 Å². The quantitative estimate of drug-likeness (QED) is 0.733. The molecule has 1 aromatic heterocycles. The van der Waals surface area contributed by atoms with E-state index in [0.29, 0.717) is 10.7 Å². The minimum Gasteiger partial charge on any atom is -0.497 e. The van der Waals surface area contributed by atoms with Crippen molar-refractivity contribution in [3.8, 4) is 11.5 Å². The van der Waals surface area contributed by atoms with E-state index in [-0.39, 0.29) is 11.5 Å². The Balaban J connectivity index is 2.50. The van der Waals surface area contributed by atoms with Crippen molar-refractivity contribution in [2.24, 2.45) is 0 Å². The molecule has 0 bridgehead atoms. The maximum Gasteiger partial charge on any atom is 0.573 e. The number of rotatable bonds is 4. The Kier molecular flexibility index (Phi) is 4.75. The number of pyridine rings is 1. The van der Waals surface area contributed by atoms with Crippen LogP contribution in [0.4, 0.5) is 13.2 Å². The molecule has 2 rings (SSSR count). The second kappa shape index (κ2) is 6.28. The minimum absolute atomic E-state index is 0.273. The van der Waals surface area contributed by atoms with Gasteiger partial charge in [-0.05, 0) is 35.4 Å². The van der Waals surface area contributed by atoms with Crippen LogP contribution in [-0.4, -0.2) is 18.5 Å². The third-order valence-electron chi connectivity index (χ3n) is 3.52. The van der Waals surface area contributed by atoms with Gasteiger partial charge in [-0.25, -0.2) is 4.98 Å². The van der Waals surface area contributed by atoms with Crippen molar-refractivity contribution in [2.45, 2.75) is 25.6 Å². The first-order valence-electron chi connectivity index (χ1n) is 6.69. The van der Waals surface area contributed by atoms with Gasteiger partial charge in [-0.3, -0.25) is 0 Å². The lowest BCUT2D eigenvalue weighted by Crippen LogP contribution is -2.21. The Labute approximate surface area is 137 Å². The normalized spacial score (nSPS) is 12.1. The van der Waals surface area contributed by atoms with E-state index < -0.39 is 11.8 Å². The van der Waals surface area contributed by atoms with Crippen LogP contribution in [0.2, 0.25) is 5.15 Å². The van der Waals surface area contributed by atoms with Crippen LogP contribution in [0, 0.1) is 0 Å². The van der Waals surface area contributed by atoms with Crippen LogP contribution in [0.25, 0.3) is 0 Å². The average Bonchev–Trinajstić information content (AvgIpc) is 2.45. The van der Waals surface area contributed by atoms with Crippen LogP contribution in [0.1, 0.15) is 25.0 Å². The predicted molar refractivity (Wildman–Crippen MR) is 81.1 cm³/mol. The van der Waals surface area contributed by atoms with Crippen LogP contribution in [0.15, 0.2) is 36.5 Å². The van der Waals surface area contributed by atoms with Crippen molar-refractivity contribution in [3.05, 3.63) is 52.8 Å². The third kappa shape index (κ3) is 4.28. The summed E-state index contributed by atoms with van der Waals surface area (Å²) in [6.45, 7) is 3.73. The highest BCUT2D eigenvalue weighted by molar-refractivity contribution is 6.29. The first-order valence-corrected chi connectivity index (χ1v) is 7.07. The van der Waals surface area contributed by atoms with Gasteiger partial charge in [0.25, 0.3) is 0 Å². The molecule has 23 heavy (non-hydrogen) atoms. The molecule has 0 aliphatic heterocycles. The summed E-state index contributed by atoms with van der Waals surface area (Å²) in [5, 5.41) is 0.310. The lowest BCUT2D eigenvalue weighted by molar-refractivity contribution is -0.274. The van der Waals surface area contributed by atoms with Gasteiger partial charge in [0.05, 0.1) is 7.11 Å². The summed E-state index contributed by atoms with van der Waals surface area (Å²) in [6.07, 6.45) is -3.22. The number of ether oxygens (including phenoxy) is 2.